The Bertz CT molecular complexity index is 731. The molecule has 2 amide bonds. The Morgan fingerprint density at radius 1 is 1.28 bits per heavy atom. The molecule has 1 heterocycles. The van der Waals surface area contributed by atoms with Gasteiger partial charge in [-0.2, -0.15) is 0 Å². The molecule has 1 aromatic heterocycles. The summed E-state index contributed by atoms with van der Waals surface area (Å²) in [4.78, 5) is 30.3. The summed E-state index contributed by atoms with van der Waals surface area (Å²) in [6.45, 7) is 10.3. The van der Waals surface area contributed by atoms with Crippen LogP contribution in [0.15, 0.2) is 48.5 Å². The molecule has 5 nitrogen and oxygen atoms in total. The first kappa shape index (κ1) is 18.9. The summed E-state index contributed by atoms with van der Waals surface area (Å²) in [5.74, 6) is -0.480. The number of nitrogens with one attached hydrogen (secondary N) is 1. The maximum absolute atomic E-state index is 12.7. The first-order valence-electron chi connectivity index (χ1n) is 8.01. The number of benzene rings is 1. The van der Waals surface area contributed by atoms with E-state index in [-0.39, 0.29) is 23.8 Å². The topological polar surface area (TPSA) is 62.3 Å². The van der Waals surface area contributed by atoms with Crippen molar-refractivity contribution in [1.82, 2.24) is 9.88 Å². The highest BCUT2D eigenvalue weighted by Crippen LogP contribution is 2.22. The molecule has 2 rings (SSSR count). The van der Waals surface area contributed by atoms with Gasteiger partial charge in [-0.3, -0.25) is 9.59 Å². The molecule has 0 bridgehead atoms. The van der Waals surface area contributed by atoms with Crippen molar-refractivity contribution in [2.24, 2.45) is 0 Å². The molecule has 0 fully saturated rings. The third-order valence-corrected chi connectivity index (χ3v) is 4.34. The first-order chi connectivity index (χ1) is 11.8. The van der Waals surface area contributed by atoms with Crippen LogP contribution in [0.2, 0.25) is 0 Å². The second-order valence-corrected chi connectivity index (χ2v) is 7.58. The molecule has 6 heteroatoms. The molecular formula is C19H23N3O2S. The molecule has 0 atom stereocenters. The van der Waals surface area contributed by atoms with Crippen molar-refractivity contribution >= 4 is 28.3 Å². The van der Waals surface area contributed by atoms with E-state index in [1.165, 1.54) is 16.2 Å². The lowest BCUT2D eigenvalue weighted by Gasteiger charge is -2.22. The molecule has 0 aliphatic carbocycles. The monoisotopic (exact) mass is 357 g/mol. The molecule has 132 valence electrons. The highest BCUT2D eigenvalue weighted by molar-refractivity contribution is 7.13. The zero-order valence-corrected chi connectivity index (χ0v) is 15.6. The highest BCUT2D eigenvalue weighted by Gasteiger charge is 2.19. The lowest BCUT2D eigenvalue weighted by Crippen LogP contribution is -2.38. The van der Waals surface area contributed by atoms with E-state index in [4.69, 9.17) is 0 Å². The second kappa shape index (κ2) is 8.07. The van der Waals surface area contributed by atoms with Crippen LogP contribution in [-0.2, 0) is 10.2 Å². The molecule has 25 heavy (non-hydrogen) atoms. The summed E-state index contributed by atoms with van der Waals surface area (Å²) in [7, 11) is 0. The van der Waals surface area contributed by atoms with Crippen LogP contribution in [0, 0.1) is 0 Å². The van der Waals surface area contributed by atoms with Crippen LogP contribution < -0.4 is 5.32 Å². The van der Waals surface area contributed by atoms with Gasteiger partial charge in [-0.05, 0) is 23.1 Å². The second-order valence-electron chi connectivity index (χ2n) is 6.69. The largest absolute Gasteiger partial charge is 0.326 e. The Balaban J connectivity index is 2.09. The van der Waals surface area contributed by atoms with Gasteiger partial charge in [-0.15, -0.1) is 17.9 Å². The minimum absolute atomic E-state index is 0.0238. The van der Waals surface area contributed by atoms with Crippen molar-refractivity contribution in [1.29, 1.82) is 0 Å². The Morgan fingerprint density at radius 3 is 2.48 bits per heavy atom. The minimum atomic E-state index is -0.281. The summed E-state index contributed by atoms with van der Waals surface area (Å²) in [6.07, 6.45) is 3.22. The van der Waals surface area contributed by atoms with Gasteiger partial charge in [0, 0.05) is 23.7 Å². The van der Waals surface area contributed by atoms with Gasteiger partial charge in [0.05, 0.1) is 0 Å². The summed E-state index contributed by atoms with van der Waals surface area (Å²) in [6, 6.07) is 7.51. The number of nitrogens with zero attached hydrogens (tertiary/aromatic N) is 2. The van der Waals surface area contributed by atoms with E-state index in [1.54, 1.807) is 29.8 Å². The third kappa shape index (κ3) is 5.26. The van der Waals surface area contributed by atoms with Crippen molar-refractivity contribution in [3.63, 3.8) is 0 Å². The van der Waals surface area contributed by atoms with Crippen LogP contribution in [0.3, 0.4) is 0 Å². The first-order valence-corrected chi connectivity index (χ1v) is 8.89. The number of amides is 2. The molecule has 0 aliphatic heterocycles. The molecule has 0 aliphatic rings. The molecule has 0 spiro atoms. The van der Waals surface area contributed by atoms with E-state index in [0.717, 1.165) is 5.56 Å². The predicted molar refractivity (Wildman–Crippen MR) is 102 cm³/mol. The van der Waals surface area contributed by atoms with E-state index in [2.05, 4.69) is 37.7 Å². The van der Waals surface area contributed by atoms with E-state index >= 15 is 0 Å². The predicted octanol–water partition coefficient (Wildman–Crippen LogP) is 3.71. The van der Waals surface area contributed by atoms with Crippen molar-refractivity contribution in [2.75, 3.05) is 18.4 Å². The number of hydrogen-bond acceptors (Lipinski definition) is 4. The van der Waals surface area contributed by atoms with Gasteiger partial charge in [-0.1, -0.05) is 39.0 Å². The molecule has 2 aromatic rings. The van der Waals surface area contributed by atoms with E-state index in [9.17, 15) is 9.59 Å². The van der Waals surface area contributed by atoms with Crippen molar-refractivity contribution < 1.29 is 9.59 Å². The van der Waals surface area contributed by atoms with Crippen molar-refractivity contribution in [2.45, 2.75) is 26.2 Å². The average Bonchev–Trinajstić information content (AvgIpc) is 3.06. The van der Waals surface area contributed by atoms with Crippen LogP contribution in [0.4, 0.5) is 5.13 Å². The Hall–Kier alpha value is -2.47. The summed E-state index contributed by atoms with van der Waals surface area (Å²) in [5, 5.41) is 4.98. The molecule has 1 N–H and O–H groups in total. The van der Waals surface area contributed by atoms with Gasteiger partial charge in [0.25, 0.3) is 5.91 Å². The lowest BCUT2D eigenvalue weighted by atomic mass is 9.86. The SMILES string of the molecule is C=CCN(CC(=O)Nc1nccs1)C(=O)c1ccc(C(C)(C)C)cc1. The lowest BCUT2D eigenvalue weighted by molar-refractivity contribution is -0.116. The zero-order chi connectivity index (χ0) is 18.4. The highest BCUT2D eigenvalue weighted by atomic mass is 32.1. The standard InChI is InChI=1S/C19H23N3O2S/c1-5-11-22(13-16(23)21-18-20-10-12-25-18)17(24)14-6-8-15(9-7-14)19(2,3)4/h5-10,12H,1,11,13H2,2-4H3,(H,20,21,23). The fourth-order valence-corrected chi connectivity index (χ4v) is 2.83. The van der Waals surface area contributed by atoms with Gasteiger partial charge in [0.1, 0.15) is 6.54 Å². The molecule has 0 unspecified atom stereocenters. The van der Waals surface area contributed by atoms with Crippen LogP contribution in [-0.4, -0.2) is 34.8 Å². The number of carbonyl (C=O) groups excluding carboxylic acids is 2. The number of hydrogen-bond donors (Lipinski definition) is 1. The van der Waals surface area contributed by atoms with Gasteiger partial charge in [0.2, 0.25) is 5.91 Å². The van der Waals surface area contributed by atoms with Crippen molar-refractivity contribution in [3.05, 3.63) is 59.6 Å². The number of thiazole rings is 1. The van der Waals surface area contributed by atoms with Gasteiger partial charge in [0.15, 0.2) is 5.13 Å². The summed E-state index contributed by atoms with van der Waals surface area (Å²) >= 11 is 1.33. The van der Waals surface area contributed by atoms with Crippen LogP contribution in [0.25, 0.3) is 0 Å². The normalized spacial score (nSPS) is 11.0. The molecule has 1 aromatic carbocycles. The number of carbonyl (C=O) groups is 2. The smallest absolute Gasteiger partial charge is 0.254 e. The maximum Gasteiger partial charge on any atom is 0.254 e. The van der Waals surface area contributed by atoms with Crippen LogP contribution >= 0.6 is 11.3 Å². The van der Waals surface area contributed by atoms with Gasteiger partial charge >= 0.3 is 0 Å². The van der Waals surface area contributed by atoms with Crippen LogP contribution in [0.1, 0.15) is 36.7 Å². The molecule has 0 saturated carbocycles. The maximum atomic E-state index is 12.7. The fourth-order valence-electron chi connectivity index (χ4n) is 2.29. The quantitative estimate of drug-likeness (QED) is 0.802. The third-order valence-electron chi connectivity index (χ3n) is 3.65. The van der Waals surface area contributed by atoms with E-state index < -0.39 is 0 Å². The molecular weight excluding hydrogens is 334 g/mol. The van der Waals surface area contributed by atoms with Gasteiger partial charge < -0.3 is 10.2 Å². The average molecular weight is 357 g/mol. The number of rotatable bonds is 6. The summed E-state index contributed by atoms with van der Waals surface area (Å²) in [5.41, 5.74) is 1.73. The zero-order valence-electron chi connectivity index (χ0n) is 14.8. The number of aromatic nitrogens is 1. The van der Waals surface area contributed by atoms with Crippen LogP contribution in [0.5, 0.6) is 0 Å². The number of anilines is 1. The Morgan fingerprint density at radius 2 is 1.96 bits per heavy atom. The van der Waals surface area contributed by atoms with E-state index in [1.807, 2.05) is 12.1 Å². The Labute approximate surface area is 152 Å². The minimum Gasteiger partial charge on any atom is -0.326 e. The molecule has 0 radical (unpaired) electrons. The molecule has 0 saturated heterocycles. The fraction of sp³-hybridized carbons (Fsp3) is 0.316. The summed E-state index contributed by atoms with van der Waals surface area (Å²) < 4.78 is 0. The van der Waals surface area contributed by atoms with Gasteiger partial charge in [-0.25, -0.2) is 4.98 Å². The van der Waals surface area contributed by atoms with E-state index in [0.29, 0.717) is 17.2 Å². The van der Waals surface area contributed by atoms with Crippen molar-refractivity contribution in [3.8, 4) is 0 Å². The Kier molecular flexibility index (Phi) is 6.09.